The average Bonchev–Trinajstić information content (AvgIpc) is 2.99. The number of thiophene rings is 1. The minimum atomic E-state index is -0.532. The van der Waals surface area contributed by atoms with E-state index in [1.165, 1.54) is 11.3 Å². The number of ether oxygens (including phenoxy) is 1. The second kappa shape index (κ2) is 6.46. The van der Waals surface area contributed by atoms with Crippen LogP contribution in [0.25, 0.3) is 10.1 Å². The number of carbonyl (C=O) groups excluding carboxylic acids is 2. The SMILES string of the molecule is C[C@@H](NC(=O)c1cc2ccccc2s1)C(=O)N1CCOCC1. The predicted octanol–water partition coefficient (Wildman–Crippen LogP) is 1.88. The van der Waals surface area contributed by atoms with Crippen LogP contribution in [0.4, 0.5) is 0 Å². The van der Waals surface area contributed by atoms with Gasteiger partial charge in [0.2, 0.25) is 5.91 Å². The third kappa shape index (κ3) is 3.13. The topological polar surface area (TPSA) is 58.6 Å². The van der Waals surface area contributed by atoms with Gasteiger partial charge in [-0.05, 0) is 24.4 Å². The Balaban J connectivity index is 1.66. The van der Waals surface area contributed by atoms with Crippen LogP contribution in [0.15, 0.2) is 30.3 Å². The molecule has 1 N–H and O–H groups in total. The molecule has 0 bridgehead atoms. The fourth-order valence-corrected chi connectivity index (χ4v) is 3.45. The largest absolute Gasteiger partial charge is 0.378 e. The van der Waals surface area contributed by atoms with Crippen molar-refractivity contribution in [1.82, 2.24) is 10.2 Å². The quantitative estimate of drug-likeness (QED) is 0.940. The number of rotatable bonds is 3. The van der Waals surface area contributed by atoms with Crippen molar-refractivity contribution in [3.05, 3.63) is 35.2 Å². The van der Waals surface area contributed by atoms with E-state index in [1.54, 1.807) is 11.8 Å². The first-order chi connectivity index (χ1) is 10.6. The highest BCUT2D eigenvalue weighted by Gasteiger charge is 2.24. The van der Waals surface area contributed by atoms with Gasteiger partial charge in [-0.1, -0.05) is 18.2 Å². The molecule has 0 aliphatic carbocycles. The summed E-state index contributed by atoms with van der Waals surface area (Å²) in [6, 6.07) is 9.19. The minimum absolute atomic E-state index is 0.0576. The van der Waals surface area contributed by atoms with Crippen LogP contribution in [0, 0.1) is 0 Å². The molecule has 0 spiro atoms. The zero-order chi connectivity index (χ0) is 15.5. The first-order valence-electron chi connectivity index (χ1n) is 7.31. The van der Waals surface area contributed by atoms with Crippen LogP contribution < -0.4 is 5.32 Å². The molecule has 1 aromatic carbocycles. The van der Waals surface area contributed by atoms with E-state index in [-0.39, 0.29) is 11.8 Å². The van der Waals surface area contributed by atoms with Crippen LogP contribution in [-0.2, 0) is 9.53 Å². The summed E-state index contributed by atoms with van der Waals surface area (Å²) in [4.78, 5) is 27.0. The van der Waals surface area contributed by atoms with Gasteiger partial charge in [0, 0.05) is 17.8 Å². The van der Waals surface area contributed by atoms with Crippen LogP contribution in [0.1, 0.15) is 16.6 Å². The number of carbonyl (C=O) groups is 2. The van der Waals surface area contributed by atoms with Gasteiger partial charge in [-0.25, -0.2) is 0 Å². The van der Waals surface area contributed by atoms with Crippen LogP contribution >= 0.6 is 11.3 Å². The standard InChI is InChI=1S/C16H18N2O3S/c1-11(16(20)18-6-8-21-9-7-18)17-15(19)14-10-12-4-2-3-5-13(12)22-14/h2-5,10-11H,6-9H2,1H3,(H,17,19)/t11-/m1/s1. The Labute approximate surface area is 132 Å². The molecule has 6 heteroatoms. The van der Waals surface area contributed by atoms with Gasteiger partial charge < -0.3 is 15.0 Å². The Morgan fingerprint density at radius 2 is 2.00 bits per heavy atom. The fraction of sp³-hybridized carbons (Fsp3) is 0.375. The molecule has 1 aliphatic rings. The minimum Gasteiger partial charge on any atom is -0.378 e. The molecule has 1 atom stereocenters. The summed E-state index contributed by atoms with van der Waals surface area (Å²) in [6.07, 6.45) is 0. The van der Waals surface area contributed by atoms with E-state index in [0.717, 1.165) is 10.1 Å². The molecule has 1 fully saturated rings. The maximum Gasteiger partial charge on any atom is 0.262 e. The number of fused-ring (bicyclic) bond motifs is 1. The van der Waals surface area contributed by atoms with Crippen molar-refractivity contribution in [2.75, 3.05) is 26.3 Å². The Bertz CT molecular complexity index is 659. The Morgan fingerprint density at radius 3 is 2.73 bits per heavy atom. The molecule has 116 valence electrons. The van der Waals surface area contributed by atoms with Gasteiger partial charge in [-0.15, -0.1) is 11.3 Å². The number of morpholine rings is 1. The summed E-state index contributed by atoms with van der Waals surface area (Å²) in [6.45, 7) is 4.01. The highest BCUT2D eigenvalue weighted by Crippen LogP contribution is 2.25. The maximum absolute atomic E-state index is 12.3. The van der Waals surface area contributed by atoms with E-state index >= 15 is 0 Å². The smallest absolute Gasteiger partial charge is 0.262 e. The van der Waals surface area contributed by atoms with Gasteiger partial charge in [0.25, 0.3) is 5.91 Å². The van der Waals surface area contributed by atoms with E-state index in [9.17, 15) is 9.59 Å². The summed E-state index contributed by atoms with van der Waals surface area (Å²) in [5, 5.41) is 3.84. The molecule has 0 unspecified atom stereocenters. The van der Waals surface area contributed by atoms with Gasteiger partial charge in [-0.2, -0.15) is 0 Å². The molecule has 5 nitrogen and oxygen atoms in total. The molecule has 0 saturated carbocycles. The van der Waals surface area contributed by atoms with Crippen molar-refractivity contribution >= 4 is 33.2 Å². The maximum atomic E-state index is 12.3. The molecule has 2 heterocycles. The zero-order valence-electron chi connectivity index (χ0n) is 12.4. The Kier molecular flexibility index (Phi) is 4.40. The number of hydrogen-bond donors (Lipinski definition) is 1. The lowest BCUT2D eigenvalue weighted by molar-refractivity contribution is -0.136. The number of nitrogens with zero attached hydrogens (tertiary/aromatic N) is 1. The summed E-state index contributed by atoms with van der Waals surface area (Å²) in [5.74, 6) is -0.256. The normalized spacial score (nSPS) is 16.5. The Hall–Kier alpha value is -1.92. The molecule has 2 aromatic rings. The van der Waals surface area contributed by atoms with Crippen molar-refractivity contribution in [1.29, 1.82) is 0 Å². The lowest BCUT2D eigenvalue weighted by Crippen LogP contribution is -2.50. The van der Waals surface area contributed by atoms with E-state index in [1.807, 2.05) is 30.3 Å². The summed E-state index contributed by atoms with van der Waals surface area (Å²) in [5.41, 5.74) is 0. The molecule has 0 radical (unpaired) electrons. The van der Waals surface area contributed by atoms with Gasteiger partial charge in [0.15, 0.2) is 0 Å². The van der Waals surface area contributed by atoms with Crippen molar-refractivity contribution in [2.24, 2.45) is 0 Å². The third-order valence-electron chi connectivity index (χ3n) is 3.69. The van der Waals surface area contributed by atoms with E-state index < -0.39 is 6.04 Å². The van der Waals surface area contributed by atoms with Gasteiger partial charge in [0.05, 0.1) is 18.1 Å². The van der Waals surface area contributed by atoms with Crippen molar-refractivity contribution < 1.29 is 14.3 Å². The predicted molar refractivity (Wildman–Crippen MR) is 86.2 cm³/mol. The lowest BCUT2D eigenvalue weighted by atomic mass is 10.2. The first kappa shape index (κ1) is 15.0. The van der Waals surface area contributed by atoms with Crippen molar-refractivity contribution in [2.45, 2.75) is 13.0 Å². The fourth-order valence-electron chi connectivity index (χ4n) is 2.48. The monoisotopic (exact) mass is 318 g/mol. The number of nitrogens with one attached hydrogen (secondary N) is 1. The zero-order valence-corrected chi connectivity index (χ0v) is 13.2. The van der Waals surface area contributed by atoms with Crippen molar-refractivity contribution in [3.63, 3.8) is 0 Å². The summed E-state index contributed by atoms with van der Waals surface area (Å²) in [7, 11) is 0. The van der Waals surface area contributed by atoms with Crippen LogP contribution in [0.2, 0.25) is 0 Å². The van der Waals surface area contributed by atoms with Gasteiger partial charge in [-0.3, -0.25) is 9.59 Å². The van der Waals surface area contributed by atoms with E-state index in [4.69, 9.17) is 4.74 Å². The summed E-state index contributed by atoms with van der Waals surface area (Å²) >= 11 is 1.44. The Morgan fingerprint density at radius 1 is 1.27 bits per heavy atom. The number of benzene rings is 1. The molecule has 22 heavy (non-hydrogen) atoms. The van der Waals surface area contributed by atoms with Crippen molar-refractivity contribution in [3.8, 4) is 0 Å². The van der Waals surface area contributed by atoms with Crippen LogP contribution in [0.3, 0.4) is 0 Å². The van der Waals surface area contributed by atoms with E-state index in [2.05, 4.69) is 5.32 Å². The average molecular weight is 318 g/mol. The van der Waals surface area contributed by atoms with E-state index in [0.29, 0.717) is 31.2 Å². The van der Waals surface area contributed by atoms with Gasteiger partial charge in [0.1, 0.15) is 6.04 Å². The highest BCUT2D eigenvalue weighted by molar-refractivity contribution is 7.20. The molecule has 2 amide bonds. The second-order valence-electron chi connectivity index (χ2n) is 5.28. The lowest BCUT2D eigenvalue weighted by Gasteiger charge is -2.29. The molecular weight excluding hydrogens is 300 g/mol. The van der Waals surface area contributed by atoms with Crippen LogP contribution in [-0.4, -0.2) is 49.1 Å². The highest BCUT2D eigenvalue weighted by atomic mass is 32.1. The molecule has 1 aromatic heterocycles. The molecule has 1 aliphatic heterocycles. The summed E-state index contributed by atoms with van der Waals surface area (Å²) < 4.78 is 6.30. The molecule has 1 saturated heterocycles. The first-order valence-corrected chi connectivity index (χ1v) is 8.13. The van der Waals surface area contributed by atoms with Crippen LogP contribution in [0.5, 0.6) is 0 Å². The number of amides is 2. The molecular formula is C16H18N2O3S. The second-order valence-corrected chi connectivity index (χ2v) is 6.37. The third-order valence-corrected chi connectivity index (χ3v) is 4.80. The van der Waals surface area contributed by atoms with Gasteiger partial charge >= 0.3 is 0 Å². The number of hydrogen-bond acceptors (Lipinski definition) is 4. The molecule has 3 rings (SSSR count).